The number of nitrogens with zero attached hydrogens (tertiary/aromatic N) is 1. The highest BCUT2D eigenvalue weighted by Crippen LogP contribution is 2.17. The third kappa shape index (κ3) is 5.54. The molecule has 1 N–H and O–H groups in total. The van der Waals surface area contributed by atoms with Crippen molar-refractivity contribution >= 4 is 29.2 Å². The SMILES string of the molecule is CN(C(=O)COC(=O)c1ccccc1NC(=O)Cc1ccccc1)c1ccccc1. The van der Waals surface area contributed by atoms with Crippen molar-refractivity contribution in [2.45, 2.75) is 6.42 Å². The van der Waals surface area contributed by atoms with Gasteiger partial charge in [0.1, 0.15) is 0 Å². The van der Waals surface area contributed by atoms with Crippen LogP contribution in [0.2, 0.25) is 0 Å². The molecule has 3 rings (SSSR count). The fraction of sp³-hybridized carbons (Fsp3) is 0.125. The van der Waals surface area contributed by atoms with Gasteiger partial charge in [-0.1, -0.05) is 60.7 Å². The Balaban J connectivity index is 1.61. The normalized spacial score (nSPS) is 10.2. The number of hydrogen-bond acceptors (Lipinski definition) is 4. The van der Waals surface area contributed by atoms with E-state index in [1.165, 1.54) is 4.90 Å². The number of carbonyl (C=O) groups is 3. The van der Waals surface area contributed by atoms with Crippen LogP contribution in [0.15, 0.2) is 84.9 Å². The molecule has 3 aromatic rings. The topological polar surface area (TPSA) is 75.7 Å². The van der Waals surface area contributed by atoms with Gasteiger partial charge in [-0.3, -0.25) is 9.59 Å². The first-order valence-corrected chi connectivity index (χ1v) is 9.46. The predicted octanol–water partition coefficient (Wildman–Crippen LogP) is 3.69. The molecule has 6 heteroatoms. The van der Waals surface area contributed by atoms with Gasteiger partial charge in [-0.25, -0.2) is 4.79 Å². The standard InChI is InChI=1S/C24H22N2O4/c1-26(19-12-6-3-7-13-19)23(28)17-30-24(29)20-14-8-9-15-21(20)25-22(27)16-18-10-4-2-5-11-18/h2-15H,16-17H2,1H3,(H,25,27). The number of esters is 1. The van der Waals surface area contributed by atoms with Crippen LogP contribution in [0.4, 0.5) is 11.4 Å². The summed E-state index contributed by atoms with van der Waals surface area (Å²) in [4.78, 5) is 38.6. The lowest BCUT2D eigenvalue weighted by atomic mass is 10.1. The Morgan fingerprint density at radius 3 is 2.13 bits per heavy atom. The van der Waals surface area contributed by atoms with Crippen LogP contribution < -0.4 is 10.2 Å². The minimum atomic E-state index is -0.680. The molecule has 30 heavy (non-hydrogen) atoms. The molecule has 0 radical (unpaired) electrons. The van der Waals surface area contributed by atoms with Gasteiger partial charge in [0.05, 0.1) is 17.7 Å². The first kappa shape index (κ1) is 20.8. The van der Waals surface area contributed by atoms with Crippen LogP contribution >= 0.6 is 0 Å². The van der Waals surface area contributed by atoms with Gasteiger partial charge in [-0.2, -0.15) is 0 Å². The van der Waals surface area contributed by atoms with Crippen LogP contribution in [-0.4, -0.2) is 31.4 Å². The van der Waals surface area contributed by atoms with Crippen molar-refractivity contribution in [3.8, 4) is 0 Å². The van der Waals surface area contributed by atoms with Crippen molar-refractivity contribution in [2.24, 2.45) is 0 Å². The molecule has 0 fully saturated rings. The van der Waals surface area contributed by atoms with Crippen molar-refractivity contribution < 1.29 is 19.1 Å². The molecule has 0 aliphatic carbocycles. The van der Waals surface area contributed by atoms with Crippen LogP contribution in [0.3, 0.4) is 0 Å². The minimum Gasteiger partial charge on any atom is -0.452 e. The van der Waals surface area contributed by atoms with Gasteiger partial charge in [-0.15, -0.1) is 0 Å². The Labute approximate surface area is 175 Å². The number of amides is 2. The van der Waals surface area contributed by atoms with E-state index >= 15 is 0 Å². The summed E-state index contributed by atoms with van der Waals surface area (Å²) in [5, 5.41) is 2.74. The summed E-state index contributed by atoms with van der Waals surface area (Å²) < 4.78 is 5.19. The van der Waals surface area contributed by atoms with Crippen LogP contribution in [0.1, 0.15) is 15.9 Å². The summed E-state index contributed by atoms with van der Waals surface area (Å²) in [5.41, 5.74) is 2.10. The number of para-hydroxylation sites is 2. The second kappa shape index (κ2) is 10.0. The van der Waals surface area contributed by atoms with Gasteiger partial charge in [0.25, 0.3) is 5.91 Å². The maximum atomic E-state index is 12.5. The lowest BCUT2D eigenvalue weighted by Gasteiger charge is -2.17. The number of rotatable bonds is 7. The second-order valence-corrected chi connectivity index (χ2v) is 6.62. The fourth-order valence-electron chi connectivity index (χ4n) is 2.84. The Morgan fingerprint density at radius 1 is 0.833 bits per heavy atom. The van der Waals surface area contributed by atoms with Crippen molar-refractivity contribution in [1.29, 1.82) is 0 Å². The Bertz CT molecular complexity index is 1020. The third-order valence-corrected chi connectivity index (χ3v) is 4.47. The van der Waals surface area contributed by atoms with Gasteiger partial charge in [-0.05, 0) is 29.8 Å². The Hall–Kier alpha value is -3.93. The highest BCUT2D eigenvalue weighted by molar-refractivity contribution is 6.03. The predicted molar refractivity (Wildman–Crippen MR) is 115 cm³/mol. The zero-order valence-corrected chi connectivity index (χ0v) is 16.6. The average Bonchev–Trinajstić information content (AvgIpc) is 2.78. The van der Waals surface area contributed by atoms with E-state index in [0.717, 1.165) is 5.56 Å². The van der Waals surface area contributed by atoms with Gasteiger partial charge in [0.2, 0.25) is 5.91 Å². The monoisotopic (exact) mass is 402 g/mol. The zero-order chi connectivity index (χ0) is 21.3. The lowest BCUT2D eigenvalue weighted by molar-refractivity contribution is -0.121. The number of hydrogen-bond donors (Lipinski definition) is 1. The minimum absolute atomic E-state index is 0.185. The second-order valence-electron chi connectivity index (χ2n) is 6.62. The van der Waals surface area contributed by atoms with Gasteiger partial charge in [0.15, 0.2) is 6.61 Å². The molecule has 0 spiro atoms. The Morgan fingerprint density at radius 2 is 1.43 bits per heavy atom. The maximum Gasteiger partial charge on any atom is 0.340 e. The number of ether oxygens (including phenoxy) is 1. The number of benzene rings is 3. The average molecular weight is 402 g/mol. The van der Waals surface area contributed by atoms with E-state index in [4.69, 9.17) is 4.74 Å². The fourth-order valence-corrected chi connectivity index (χ4v) is 2.84. The largest absolute Gasteiger partial charge is 0.452 e. The highest BCUT2D eigenvalue weighted by atomic mass is 16.5. The van der Waals surface area contributed by atoms with Crippen molar-refractivity contribution in [2.75, 3.05) is 23.9 Å². The zero-order valence-electron chi connectivity index (χ0n) is 16.6. The molecule has 2 amide bonds. The number of anilines is 2. The van der Waals surface area contributed by atoms with E-state index in [-0.39, 0.29) is 23.8 Å². The molecule has 0 atom stereocenters. The van der Waals surface area contributed by atoms with E-state index in [2.05, 4.69) is 5.32 Å². The molecular formula is C24H22N2O4. The van der Waals surface area contributed by atoms with Gasteiger partial charge >= 0.3 is 5.97 Å². The van der Waals surface area contributed by atoms with Gasteiger partial charge < -0.3 is 15.0 Å². The Kier molecular flexibility index (Phi) is 6.95. The molecule has 0 saturated carbocycles. The summed E-state index contributed by atoms with van der Waals surface area (Å²) in [6.45, 7) is -0.406. The summed E-state index contributed by atoms with van der Waals surface area (Å²) in [6.07, 6.45) is 0.185. The van der Waals surface area contributed by atoms with Gasteiger partial charge in [0, 0.05) is 12.7 Å². The molecule has 0 aliphatic heterocycles. The van der Waals surface area contributed by atoms with E-state index in [1.54, 1.807) is 43.4 Å². The van der Waals surface area contributed by atoms with Crippen molar-refractivity contribution in [1.82, 2.24) is 0 Å². The number of likely N-dealkylation sites (N-methyl/N-ethyl adjacent to an activating group) is 1. The summed E-state index contributed by atoms with van der Waals surface area (Å²) in [5.74, 6) is -1.29. The summed E-state index contributed by atoms with van der Waals surface area (Å²) >= 11 is 0. The molecule has 0 aromatic heterocycles. The van der Waals surface area contributed by atoms with E-state index in [0.29, 0.717) is 11.4 Å². The van der Waals surface area contributed by atoms with Crippen LogP contribution in [0, 0.1) is 0 Å². The molecule has 0 bridgehead atoms. The number of carbonyl (C=O) groups excluding carboxylic acids is 3. The lowest BCUT2D eigenvalue weighted by Crippen LogP contribution is -2.31. The molecular weight excluding hydrogens is 380 g/mol. The maximum absolute atomic E-state index is 12.5. The number of nitrogens with one attached hydrogen (secondary N) is 1. The smallest absolute Gasteiger partial charge is 0.340 e. The van der Waals surface area contributed by atoms with E-state index in [1.807, 2.05) is 48.5 Å². The first-order chi connectivity index (χ1) is 14.5. The highest BCUT2D eigenvalue weighted by Gasteiger charge is 2.18. The quantitative estimate of drug-likeness (QED) is 0.612. The molecule has 152 valence electrons. The van der Waals surface area contributed by atoms with Crippen molar-refractivity contribution in [3.05, 3.63) is 96.1 Å². The molecule has 0 aliphatic rings. The van der Waals surface area contributed by atoms with Crippen molar-refractivity contribution in [3.63, 3.8) is 0 Å². The van der Waals surface area contributed by atoms with E-state index < -0.39 is 12.6 Å². The van der Waals surface area contributed by atoms with Crippen LogP contribution in [0.5, 0.6) is 0 Å². The summed E-state index contributed by atoms with van der Waals surface area (Å²) in [7, 11) is 1.61. The van der Waals surface area contributed by atoms with Crippen LogP contribution in [-0.2, 0) is 20.7 Å². The summed E-state index contributed by atoms with van der Waals surface area (Å²) in [6, 6.07) is 24.9. The molecule has 3 aromatic carbocycles. The molecule has 0 unspecified atom stereocenters. The first-order valence-electron chi connectivity index (χ1n) is 9.46. The third-order valence-electron chi connectivity index (χ3n) is 4.47. The molecule has 0 heterocycles. The van der Waals surface area contributed by atoms with Crippen LogP contribution in [0.25, 0.3) is 0 Å². The molecule has 0 saturated heterocycles. The molecule has 6 nitrogen and oxygen atoms in total. The van der Waals surface area contributed by atoms with E-state index in [9.17, 15) is 14.4 Å².